The Balaban J connectivity index is 1.45. The van der Waals surface area contributed by atoms with E-state index in [1.807, 2.05) is 54.6 Å². The summed E-state index contributed by atoms with van der Waals surface area (Å²) in [6.45, 7) is 2.59. The number of hydrogen-bond donors (Lipinski definition) is 3. The van der Waals surface area contributed by atoms with Gasteiger partial charge in [-0.25, -0.2) is 4.79 Å². The summed E-state index contributed by atoms with van der Waals surface area (Å²) < 4.78 is 3.43. The molecule has 6 heteroatoms. The Hall–Kier alpha value is -2.83. The van der Waals surface area contributed by atoms with E-state index in [1.165, 1.54) is 5.56 Å². The van der Waals surface area contributed by atoms with Gasteiger partial charge in [-0.15, -0.1) is 0 Å². The van der Waals surface area contributed by atoms with Crippen LogP contribution in [0.1, 0.15) is 24.1 Å². The number of anilines is 1. The lowest BCUT2D eigenvalue weighted by Gasteiger charge is -2.13. The molecule has 0 bridgehead atoms. The average Bonchev–Trinajstić information content (AvgIpc) is 2.73. The molecule has 0 spiro atoms. The van der Waals surface area contributed by atoms with Gasteiger partial charge in [0.15, 0.2) is 0 Å². The molecular weight excluding hydrogens is 356 g/mol. The van der Waals surface area contributed by atoms with Crippen LogP contribution >= 0.6 is 11.9 Å². The molecule has 3 rings (SSSR count). The normalized spacial score (nSPS) is 11.6. The van der Waals surface area contributed by atoms with Crippen molar-refractivity contribution in [2.45, 2.75) is 24.4 Å². The molecule has 1 aromatic heterocycles. The van der Waals surface area contributed by atoms with Crippen molar-refractivity contribution in [2.75, 3.05) is 5.32 Å². The minimum atomic E-state index is -0.233. The second-order valence-corrected chi connectivity index (χ2v) is 6.95. The second-order valence-electron chi connectivity index (χ2n) is 6.04. The van der Waals surface area contributed by atoms with Crippen molar-refractivity contribution in [2.24, 2.45) is 0 Å². The number of rotatable bonds is 7. The lowest BCUT2D eigenvalue weighted by atomic mass is 10.1. The summed E-state index contributed by atoms with van der Waals surface area (Å²) >= 11 is 1.57. The van der Waals surface area contributed by atoms with Crippen LogP contribution in [0, 0.1) is 0 Å². The van der Waals surface area contributed by atoms with E-state index in [0.29, 0.717) is 6.54 Å². The Bertz CT molecular complexity index is 841. The van der Waals surface area contributed by atoms with Crippen LogP contribution in [0.2, 0.25) is 0 Å². The Morgan fingerprint density at radius 3 is 2.41 bits per heavy atom. The minimum absolute atomic E-state index is 0.233. The average molecular weight is 379 g/mol. The zero-order valence-electron chi connectivity index (χ0n) is 15.1. The highest BCUT2D eigenvalue weighted by atomic mass is 32.2. The molecule has 27 heavy (non-hydrogen) atoms. The largest absolute Gasteiger partial charge is 0.334 e. The highest BCUT2D eigenvalue weighted by Crippen LogP contribution is 2.22. The fourth-order valence-corrected chi connectivity index (χ4v) is 3.15. The van der Waals surface area contributed by atoms with Gasteiger partial charge in [-0.05, 0) is 66.4 Å². The molecule has 1 unspecified atom stereocenters. The van der Waals surface area contributed by atoms with Crippen LogP contribution in [0.5, 0.6) is 0 Å². The first kappa shape index (κ1) is 18.9. The number of carbonyl (C=O) groups excluding carboxylic acids is 1. The van der Waals surface area contributed by atoms with Gasteiger partial charge in [0.05, 0.1) is 0 Å². The van der Waals surface area contributed by atoms with Crippen molar-refractivity contribution >= 4 is 23.7 Å². The van der Waals surface area contributed by atoms with Crippen LogP contribution in [0.25, 0.3) is 0 Å². The Morgan fingerprint density at radius 1 is 1.00 bits per heavy atom. The summed E-state index contributed by atoms with van der Waals surface area (Å²) in [6, 6.07) is 21.8. The molecule has 0 fully saturated rings. The SMILES string of the molecule is CC(NSc1ccc(NC(=O)NCc2ccncc2)cc1)c1ccccc1. The second kappa shape index (κ2) is 9.75. The minimum Gasteiger partial charge on any atom is -0.334 e. The lowest BCUT2D eigenvalue weighted by molar-refractivity contribution is 0.251. The molecule has 0 saturated heterocycles. The van der Waals surface area contributed by atoms with Gasteiger partial charge in [0, 0.05) is 35.6 Å². The quantitative estimate of drug-likeness (QED) is 0.519. The number of urea groups is 1. The third-order valence-electron chi connectivity index (χ3n) is 3.97. The van der Waals surface area contributed by atoms with Gasteiger partial charge in [0.2, 0.25) is 0 Å². The molecule has 1 heterocycles. The Morgan fingerprint density at radius 2 is 1.70 bits per heavy atom. The van der Waals surface area contributed by atoms with Crippen molar-refractivity contribution in [3.8, 4) is 0 Å². The Kier molecular flexibility index (Phi) is 6.84. The molecule has 3 N–H and O–H groups in total. The number of nitrogens with one attached hydrogen (secondary N) is 3. The monoisotopic (exact) mass is 378 g/mol. The van der Waals surface area contributed by atoms with E-state index in [1.54, 1.807) is 24.3 Å². The van der Waals surface area contributed by atoms with Crippen molar-refractivity contribution in [3.63, 3.8) is 0 Å². The van der Waals surface area contributed by atoms with Crippen LogP contribution in [0.15, 0.2) is 84.0 Å². The smallest absolute Gasteiger partial charge is 0.319 e. The first-order valence-electron chi connectivity index (χ1n) is 8.72. The molecule has 5 nitrogen and oxygen atoms in total. The molecule has 2 amide bonds. The van der Waals surface area contributed by atoms with Crippen LogP contribution < -0.4 is 15.4 Å². The molecule has 0 aliphatic heterocycles. The van der Waals surface area contributed by atoms with Crippen LogP contribution in [-0.4, -0.2) is 11.0 Å². The van der Waals surface area contributed by atoms with Gasteiger partial charge in [-0.2, -0.15) is 0 Å². The van der Waals surface area contributed by atoms with Gasteiger partial charge >= 0.3 is 6.03 Å². The number of aromatic nitrogens is 1. The van der Waals surface area contributed by atoms with Crippen LogP contribution in [0.3, 0.4) is 0 Å². The lowest BCUT2D eigenvalue weighted by Crippen LogP contribution is -2.28. The number of pyridine rings is 1. The standard InChI is InChI=1S/C21H22N4OS/c1-16(18-5-3-2-4-6-18)25-27-20-9-7-19(8-10-20)24-21(26)23-15-17-11-13-22-14-12-17/h2-14,16,25H,15H2,1H3,(H2,23,24,26). The summed E-state index contributed by atoms with van der Waals surface area (Å²) in [4.78, 5) is 17.0. The molecule has 2 aromatic carbocycles. The maximum atomic E-state index is 12.0. The Labute approximate surface area is 163 Å². The van der Waals surface area contributed by atoms with Gasteiger partial charge in [0.25, 0.3) is 0 Å². The maximum Gasteiger partial charge on any atom is 0.319 e. The van der Waals surface area contributed by atoms with Crippen LogP contribution in [0.4, 0.5) is 10.5 Å². The van der Waals surface area contributed by atoms with Gasteiger partial charge < -0.3 is 10.6 Å². The first-order valence-corrected chi connectivity index (χ1v) is 9.53. The molecular formula is C21H22N4OS. The molecule has 3 aromatic rings. The molecule has 0 saturated carbocycles. The van der Waals surface area contributed by atoms with E-state index >= 15 is 0 Å². The third-order valence-corrected chi connectivity index (χ3v) is 4.95. The van der Waals surface area contributed by atoms with Crippen LogP contribution in [-0.2, 0) is 6.54 Å². The molecule has 0 radical (unpaired) electrons. The van der Waals surface area contributed by atoms with E-state index in [0.717, 1.165) is 16.1 Å². The molecule has 0 aliphatic carbocycles. The highest BCUT2D eigenvalue weighted by Gasteiger charge is 2.05. The third kappa shape index (κ3) is 6.13. The number of carbonyl (C=O) groups is 1. The van der Waals surface area contributed by atoms with E-state index in [-0.39, 0.29) is 12.1 Å². The van der Waals surface area contributed by atoms with Crippen molar-refractivity contribution < 1.29 is 4.79 Å². The number of amides is 2. The van der Waals surface area contributed by atoms with Gasteiger partial charge in [-0.3, -0.25) is 9.71 Å². The molecule has 138 valence electrons. The summed E-state index contributed by atoms with van der Waals surface area (Å²) in [6.07, 6.45) is 3.41. The summed E-state index contributed by atoms with van der Waals surface area (Å²) in [5, 5.41) is 5.66. The fraction of sp³-hybridized carbons (Fsp3) is 0.143. The number of benzene rings is 2. The van der Waals surface area contributed by atoms with E-state index in [9.17, 15) is 4.79 Å². The summed E-state index contributed by atoms with van der Waals surface area (Å²) in [7, 11) is 0. The summed E-state index contributed by atoms with van der Waals surface area (Å²) in [5.41, 5.74) is 3.00. The van der Waals surface area contributed by atoms with Gasteiger partial charge in [0.1, 0.15) is 0 Å². The molecule has 1 atom stereocenters. The predicted octanol–water partition coefficient (Wildman–Crippen LogP) is 4.76. The van der Waals surface area contributed by atoms with E-state index < -0.39 is 0 Å². The van der Waals surface area contributed by atoms with Crippen molar-refractivity contribution in [1.82, 2.24) is 15.0 Å². The molecule has 0 aliphatic rings. The van der Waals surface area contributed by atoms with E-state index in [4.69, 9.17) is 0 Å². The van der Waals surface area contributed by atoms with Gasteiger partial charge in [-0.1, -0.05) is 30.3 Å². The predicted molar refractivity (Wildman–Crippen MR) is 110 cm³/mol. The maximum absolute atomic E-state index is 12.0. The zero-order chi connectivity index (χ0) is 18.9. The van der Waals surface area contributed by atoms with E-state index in [2.05, 4.69) is 39.4 Å². The topological polar surface area (TPSA) is 66.0 Å². The number of nitrogens with zero attached hydrogens (tertiary/aromatic N) is 1. The summed E-state index contributed by atoms with van der Waals surface area (Å²) in [5.74, 6) is 0. The zero-order valence-corrected chi connectivity index (χ0v) is 15.9. The highest BCUT2D eigenvalue weighted by molar-refractivity contribution is 7.97. The number of hydrogen-bond acceptors (Lipinski definition) is 4. The first-order chi connectivity index (χ1) is 13.2. The van der Waals surface area contributed by atoms with Crippen molar-refractivity contribution in [1.29, 1.82) is 0 Å². The fourth-order valence-electron chi connectivity index (χ4n) is 2.43. The van der Waals surface area contributed by atoms with Crippen molar-refractivity contribution in [3.05, 3.63) is 90.3 Å².